The first kappa shape index (κ1) is 62.1. The van der Waals surface area contributed by atoms with Crippen LogP contribution in [0.4, 0.5) is 11.4 Å². The highest BCUT2D eigenvalue weighted by Gasteiger charge is 2.48. The molecule has 0 aliphatic carbocycles. The van der Waals surface area contributed by atoms with E-state index in [9.17, 15) is 74.8 Å². The predicted molar refractivity (Wildman–Crippen MR) is 291 cm³/mol. The van der Waals surface area contributed by atoms with Crippen LogP contribution in [-0.4, -0.2) is 141 Å². The lowest BCUT2D eigenvalue weighted by molar-refractivity contribution is -0.137. The van der Waals surface area contributed by atoms with E-state index in [0.29, 0.717) is 85.9 Å². The number of rotatable bonds is 28. The fraction of sp³-hybridized carbons (Fsp3) is 0.431. The molecule has 6 N–H and O–H groups in total. The van der Waals surface area contributed by atoms with Gasteiger partial charge in [0, 0.05) is 71.9 Å². The largest absolute Gasteiger partial charge is 0.481 e. The number of carboxylic acid groups (broad SMARTS) is 1. The minimum atomic E-state index is -5.06. The van der Waals surface area contributed by atoms with Gasteiger partial charge in [-0.05, 0) is 110 Å². The summed E-state index contributed by atoms with van der Waals surface area (Å²) in [7, 11) is -23.1. The van der Waals surface area contributed by atoms with Gasteiger partial charge in [0.1, 0.15) is 9.79 Å². The maximum Gasteiger partial charge on any atom is 0.303 e. The summed E-state index contributed by atoms with van der Waals surface area (Å²) in [6.45, 7) is 7.41. The number of carboxylic acids is 1. The van der Waals surface area contributed by atoms with E-state index in [1.54, 1.807) is 49.4 Å². The summed E-state index contributed by atoms with van der Waals surface area (Å²) in [6.07, 6.45) is 13.7. The van der Waals surface area contributed by atoms with Gasteiger partial charge in [0.25, 0.3) is 50.6 Å². The van der Waals surface area contributed by atoms with Crippen molar-refractivity contribution >= 4 is 89.5 Å². The van der Waals surface area contributed by atoms with Gasteiger partial charge in [-0.15, -0.1) is 0 Å². The highest BCUT2D eigenvalue weighted by molar-refractivity contribution is 7.87. The summed E-state index contributed by atoms with van der Waals surface area (Å²) in [5.41, 5.74) is 0.384. The molecule has 2 heterocycles. The van der Waals surface area contributed by atoms with Crippen LogP contribution in [0.1, 0.15) is 76.8 Å². The second kappa shape index (κ2) is 24.7. The van der Waals surface area contributed by atoms with Gasteiger partial charge >= 0.3 is 5.97 Å². The Morgan fingerprint density at radius 1 is 0.615 bits per heavy atom. The molecule has 2 aliphatic heterocycles. The number of ether oxygens (including phenoxy) is 3. The van der Waals surface area contributed by atoms with Gasteiger partial charge in [-0.25, -0.2) is 0 Å². The second-order valence-electron chi connectivity index (χ2n) is 19.3. The number of fused-ring (bicyclic) bond motifs is 6. The quantitative estimate of drug-likeness (QED) is 0.0187. The lowest BCUT2D eigenvalue weighted by atomic mass is 9.73. The van der Waals surface area contributed by atoms with Crippen molar-refractivity contribution in [1.82, 2.24) is 0 Å². The Morgan fingerprint density at radius 2 is 1.15 bits per heavy atom. The molecule has 0 spiro atoms. The number of aliphatic carboxylic acids is 1. The molecule has 78 heavy (non-hydrogen) atoms. The number of unbranched alkanes of at least 4 members (excludes halogenated alkanes) is 2. The van der Waals surface area contributed by atoms with E-state index < -0.39 is 98.8 Å². The van der Waals surface area contributed by atoms with E-state index in [1.807, 2.05) is 35.8 Å². The van der Waals surface area contributed by atoms with Gasteiger partial charge < -0.3 is 29.1 Å². The molecule has 3 unspecified atom stereocenters. The van der Waals surface area contributed by atoms with Crippen molar-refractivity contribution in [3.63, 3.8) is 0 Å². The molecule has 0 saturated heterocycles. The van der Waals surface area contributed by atoms with Crippen molar-refractivity contribution in [3.8, 4) is 0 Å². The number of anilines is 2. The number of carbonyl (C=O) groups is 1. The predicted octanol–water partition coefficient (Wildman–Crippen LogP) is 7.16. The zero-order valence-electron chi connectivity index (χ0n) is 43.2. The Morgan fingerprint density at radius 3 is 1.69 bits per heavy atom. The molecule has 4 aromatic rings. The molecule has 6 rings (SSSR count). The highest BCUT2D eigenvalue weighted by atomic mass is 32.2. The molecule has 0 radical (unpaired) electrons. The van der Waals surface area contributed by atoms with E-state index >= 15 is 0 Å². The number of methoxy groups -OCH3 is 1. The third kappa shape index (κ3) is 14.2. The Bertz CT molecular complexity index is 3640. The Labute approximate surface area is 454 Å². The topological polar surface area (TPSA) is 343 Å². The molecule has 428 valence electrons. The molecule has 0 saturated carbocycles. The van der Waals surface area contributed by atoms with Gasteiger partial charge in [-0.1, -0.05) is 61.9 Å². The Balaban J connectivity index is 1.44. The van der Waals surface area contributed by atoms with Crippen LogP contribution in [0.5, 0.6) is 0 Å². The normalized spacial score (nSPS) is 19.9. The molecular weight excluding hydrogens is 1120 g/mol. The fourth-order valence-corrected chi connectivity index (χ4v) is 13.8. The summed E-state index contributed by atoms with van der Waals surface area (Å²) in [5, 5.41) is 9.40. The van der Waals surface area contributed by atoms with Crippen molar-refractivity contribution in [2.75, 3.05) is 68.8 Å². The summed E-state index contributed by atoms with van der Waals surface area (Å²) in [6, 6.07) is 9.05. The second-order valence-corrected chi connectivity index (χ2v) is 26.4. The van der Waals surface area contributed by atoms with E-state index in [2.05, 4.69) is 0 Å². The van der Waals surface area contributed by atoms with Gasteiger partial charge in [0.15, 0.2) is 0 Å². The Kier molecular flexibility index (Phi) is 19.7. The van der Waals surface area contributed by atoms with Gasteiger partial charge in [-0.3, -0.25) is 27.6 Å². The van der Waals surface area contributed by atoms with Crippen LogP contribution in [0.2, 0.25) is 0 Å². The van der Waals surface area contributed by atoms with Gasteiger partial charge in [0.2, 0.25) is 0 Å². The molecule has 2 aliphatic rings. The minimum absolute atomic E-state index is 0.0179. The lowest BCUT2D eigenvalue weighted by Gasteiger charge is -2.35. The molecular formula is C51H64N2O20S5. The minimum Gasteiger partial charge on any atom is -0.481 e. The van der Waals surface area contributed by atoms with E-state index in [4.69, 9.17) is 14.2 Å². The lowest BCUT2D eigenvalue weighted by Crippen LogP contribution is -2.42. The summed E-state index contributed by atoms with van der Waals surface area (Å²) < 4.78 is 192. The molecule has 0 aromatic heterocycles. The van der Waals surface area contributed by atoms with Crippen LogP contribution in [0.15, 0.2) is 116 Å². The zero-order chi connectivity index (χ0) is 57.6. The van der Waals surface area contributed by atoms with Crippen molar-refractivity contribution in [2.45, 2.75) is 102 Å². The van der Waals surface area contributed by atoms with Crippen LogP contribution in [0.3, 0.4) is 0 Å². The SMILES string of the molecule is CCN1c2ccc3c(S(=O)(=O)O)cc(S(=O)(=O)O)cc3c2C(C)(CCCS(=O)(=O)O)C1C=CC=CC=CC=C1N(CCCCCC(=O)O)c2ccc3c(S(=O)(=O)O)cc(S(=O)(=O)O)cc3c2C1(C)CCOCCOCCOC. The van der Waals surface area contributed by atoms with Gasteiger partial charge in [-0.2, -0.15) is 42.1 Å². The van der Waals surface area contributed by atoms with Crippen LogP contribution in [0.25, 0.3) is 21.5 Å². The van der Waals surface area contributed by atoms with Crippen LogP contribution in [-0.2, 0) is 80.4 Å². The number of benzene rings is 4. The average molecular weight is 1190 g/mol. The average Bonchev–Trinajstić information content (AvgIpc) is 3.99. The van der Waals surface area contributed by atoms with E-state index in [1.165, 1.54) is 19.2 Å². The first-order chi connectivity index (χ1) is 36.4. The van der Waals surface area contributed by atoms with Crippen LogP contribution in [0, 0.1) is 0 Å². The highest BCUT2D eigenvalue weighted by Crippen LogP contribution is 2.55. The van der Waals surface area contributed by atoms with Crippen molar-refractivity contribution in [1.29, 1.82) is 0 Å². The number of likely N-dealkylation sites (N-methyl/N-ethyl adjacent to an activating group) is 1. The number of nitrogens with zero attached hydrogens (tertiary/aromatic N) is 2. The van der Waals surface area contributed by atoms with Crippen molar-refractivity contribution < 1.29 is 89.0 Å². The molecule has 0 bridgehead atoms. The maximum absolute atomic E-state index is 12.8. The number of hydrogen-bond donors (Lipinski definition) is 6. The monoisotopic (exact) mass is 1180 g/mol. The molecule has 22 nitrogen and oxygen atoms in total. The van der Waals surface area contributed by atoms with E-state index in [-0.39, 0.29) is 67.0 Å². The van der Waals surface area contributed by atoms with Crippen LogP contribution >= 0.6 is 0 Å². The van der Waals surface area contributed by atoms with Gasteiger partial charge in [0.05, 0.1) is 48.0 Å². The van der Waals surface area contributed by atoms with E-state index in [0.717, 1.165) is 12.1 Å². The fourth-order valence-electron chi connectivity index (χ4n) is 10.6. The molecule has 0 amide bonds. The molecule has 3 atom stereocenters. The number of allylic oxidation sites excluding steroid dienone is 7. The van der Waals surface area contributed by atoms with Crippen LogP contribution < -0.4 is 9.80 Å². The standard InChI is InChI=1S/C51H64N2O20S5/c1-5-52-41-20-18-37-39(31-35(75(59,60)61)33-43(37)77(65,66)67)48(41)50(2,22-14-30-74(56,57)58)45(52)15-10-7-6-8-11-16-46-51(3,23-25-72-28-29-73-27-26-71-4)49-40-32-36(76(62,63)64)34-44(78(68,69)70)38(40)19-21-42(49)53(46)24-13-9-12-17-47(54)55/h6-8,10-11,15-16,18-21,31-34,45H,5,9,12-14,17,22-30H2,1-4H3,(H,54,55)(H,56,57,58)(H,59,60,61)(H,62,63,64)(H,65,66,67)(H,68,69,70). The van der Waals surface area contributed by atoms with Crippen molar-refractivity contribution in [2.24, 2.45) is 0 Å². The summed E-state index contributed by atoms with van der Waals surface area (Å²) in [5.74, 6) is -1.58. The maximum atomic E-state index is 12.8. The summed E-state index contributed by atoms with van der Waals surface area (Å²) in [4.78, 5) is 12.2. The zero-order valence-corrected chi connectivity index (χ0v) is 47.3. The molecule has 4 aromatic carbocycles. The molecule has 27 heteroatoms. The molecule has 0 fully saturated rings. The first-order valence-electron chi connectivity index (χ1n) is 24.6. The third-order valence-corrected chi connectivity index (χ3v) is 18.3. The van der Waals surface area contributed by atoms with Crippen molar-refractivity contribution in [3.05, 3.63) is 108 Å². The smallest absolute Gasteiger partial charge is 0.303 e. The third-order valence-electron chi connectivity index (χ3n) is 14.1. The summed E-state index contributed by atoms with van der Waals surface area (Å²) >= 11 is 0. The first-order valence-corrected chi connectivity index (χ1v) is 32.0. The number of hydrogen-bond acceptors (Lipinski definition) is 16. The Hall–Kier alpha value is -5.14.